The normalized spacial score (nSPS) is 10.9. The first-order chi connectivity index (χ1) is 7.49. The number of nitrogens with zero attached hydrogens (tertiary/aromatic N) is 2. The maximum absolute atomic E-state index is 13.2. The van der Waals surface area contributed by atoms with Crippen molar-refractivity contribution < 1.29 is 9.18 Å². The molecule has 2 rings (SSSR count). The molecule has 1 aromatic heterocycles. The highest BCUT2D eigenvalue weighted by molar-refractivity contribution is 9.10. The summed E-state index contributed by atoms with van der Waals surface area (Å²) in [5.74, 6) is -0.839. The summed E-state index contributed by atoms with van der Waals surface area (Å²) in [4.78, 5) is 14.8. The number of nitrogen functional groups attached to an aromatic ring is 1. The van der Waals surface area contributed by atoms with Crippen LogP contribution in [0.4, 0.5) is 10.3 Å². The number of halogens is 2. The molecule has 1 heterocycles. The van der Waals surface area contributed by atoms with Gasteiger partial charge in [-0.15, -0.1) is 0 Å². The Morgan fingerprint density at radius 1 is 1.56 bits per heavy atom. The van der Waals surface area contributed by atoms with E-state index in [9.17, 15) is 9.18 Å². The molecule has 0 radical (unpaired) electrons. The lowest BCUT2D eigenvalue weighted by Gasteiger charge is -2.03. The second-order valence-electron chi connectivity index (χ2n) is 3.28. The molecule has 0 aliphatic rings. The van der Waals surface area contributed by atoms with Crippen molar-refractivity contribution in [1.29, 1.82) is 0 Å². The van der Waals surface area contributed by atoms with E-state index in [1.165, 1.54) is 16.7 Å². The molecule has 0 spiro atoms. The zero-order chi connectivity index (χ0) is 11.9. The van der Waals surface area contributed by atoms with Gasteiger partial charge in [0, 0.05) is 6.07 Å². The number of rotatable bonds is 2. The number of fused-ring (bicyclic) bond motifs is 1. The number of carbonyl (C=O) groups excluding carboxylic acids is 1. The molecule has 4 N–H and O–H groups in total. The maximum Gasteiger partial charge on any atom is 0.237 e. The molecule has 0 bridgehead atoms. The Labute approximate surface area is 98.4 Å². The highest BCUT2D eigenvalue weighted by Crippen LogP contribution is 2.24. The minimum atomic E-state index is -0.536. The van der Waals surface area contributed by atoms with Crippen LogP contribution in [0.1, 0.15) is 0 Å². The molecule has 2 aromatic rings. The van der Waals surface area contributed by atoms with E-state index in [-0.39, 0.29) is 17.0 Å². The fourth-order valence-electron chi connectivity index (χ4n) is 1.46. The summed E-state index contributed by atoms with van der Waals surface area (Å²) in [6.45, 7) is -0.0829. The average Bonchev–Trinajstić information content (AvgIpc) is 2.45. The van der Waals surface area contributed by atoms with Gasteiger partial charge in [0.25, 0.3) is 0 Å². The van der Waals surface area contributed by atoms with Gasteiger partial charge in [0.15, 0.2) is 0 Å². The number of benzene rings is 1. The van der Waals surface area contributed by atoms with Crippen LogP contribution in [0, 0.1) is 5.82 Å². The summed E-state index contributed by atoms with van der Waals surface area (Å²) in [7, 11) is 0. The molecule has 0 fully saturated rings. The predicted octanol–water partition coefficient (Wildman–Crippen LogP) is 1.01. The van der Waals surface area contributed by atoms with Gasteiger partial charge in [-0.3, -0.25) is 4.79 Å². The number of amides is 1. The van der Waals surface area contributed by atoms with Gasteiger partial charge in [0.1, 0.15) is 12.4 Å². The fraction of sp³-hybridized carbons (Fsp3) is 0.111. The molecule has 0 aliphatic heterocycles. The Balaban J connectivity index is 2.68. The number of imidazole rings is 1. The number of hydrogen-bond donors (Lipinski definition) is 2. The molecule has 0 atom stereocenters. The second kappa shape index (κ2) is 3.75. The topological polar surface area (TPSA) is 86.9 Å². The van der Waals surface area contributed by atoms with Crippen LogP contribution in [-0.4, -0.2) is 15.5 Å². The van der Waals surface area contributed by atoms with Crippen LogP contribution < -0.4 is 11.5 Å². The van der Waals surface area contributed by atoms with Crippen LogP contribution in [0.2, 0.25) is 0 Å². The fourth-order valence-corrected chi connectivity index (χ4v) is 1.79. The summed E-state index contributed by atoms with van der Waals surface area (Å²) in [6, 6.07) is 2.75. The summed E-state index contributed by atoms with van der Waals surface area (Å²) in [6.07, 6.45) is 0. The SMILES string of the molecule is NC(=O)Cn1c(N)nc2cc(F)c(Br)cc21. The molecule has 7 heteroatoms. The number of hydrogen-bond acceptors (Lipinski definition) is 3. The Hall–Kier alpha value is -1.63. The predicted molar refractivity (Wildman–Crippen MR) is 61.0 cm³/mol. The van der Waals surface area contributed by atoms with Crippen LogP contribution in [0.5, 0.6) is 0 Å². The summed E-state index contributed by atoms with van der Waals surface area (Å²) < 4.78 is 14.9. The minimum Gasteiger partial charge on any atom is -0.369 e. The smallest absolute Gasteiger partial charge is 0.237 e. The van der Waals surface area contributed by atoms with E-state index in [2.05, 4.69) is 20.9 Å². The first-order valence-corrected chi connectivity index (χ1v) is 5.17. The van der Waals surface area contributed by atoms with Crippen LogP contribution in [-0.2, 0) is 11.3 Å². The van der Waals surface area contributed by atoms with Crippen LogP contribution in [0.25, 0.3) is 11.0 Å². The number of primary amides is 1. The highest BCUT2D eigenvalue weighted by Gasteiger charge is 2.12. The summed E-state index contributed by atoms with van der Waals surface area (Å²) >= 11 is 3.05. The molecule has 16 heavy (non-hydrogen) atoms. The van der Waals surface area contributed by atoms with Crippen molar-refractivity contribution in [3.8, 4) is 0 Å². The van der Waals surface area contributed by atoms with Crippen molar-refractivity contribution in [1.82, 2.24) is 9.55 Å². The van der Waals surface area contributed by atoms with Crippen molar-refractivity contribution >= 4 is 38.8 Å². The van der Waals surface area contributed by atoms with Gasteiger partial charge in [-0.25, -0.2) is 9.37 Å². The minimum absolute atomic E-state index is 0.0829. The largest absolute Gasteiger partial charge is 0.369 e. The quantitative estimate of drug-likeness (QED) is 0.864. The number of anilines is 1. The van der Waals surface area contributed by atoms with Gasteiger partial charge in [0.2, 0.25) is 11.9 Å². The van der Waals surface area contributed by atoms with E-state index in [0.717, 1.165) is 0 Å². The second-order valence-corrected chi connectivity index (χ2v) is 4.13. The van der Waals surface area contributed by atoms with Gasteiger partial charge >= 0.3 is 0 Å². The third-order valence-electron chi connectivity index (χ3n) is 2.13. The van der Waals surface area contributed by atoms with Crippen LogP contribution >= 0.6 is 15.9 Å². The third-order valence-corrected chi connectivity index (χ3v) is 2.74. The number of carbonyl (C=O) groups is 1. The lowest BCUT2D eigenvalue weighted by Crippen LogP contribution is -2.19. The molecule has 1 aromatic carbocycles. The molecule has 0 saturated heterocycles. The Morgan fingerprint density at radius 3 is 2.88 bits per heavy atom. The highest BCUT2D eigenvalue weighted by atomic mass is 79.9. The zero-order valence-corrected chi connectivity index (χ0v) is 9.66. The maximum atomic E-state index is 13.2. The molecule has 5 nitrogen and oxygen atoms in total. The van der Waals surface area contributed by atoms with E-state index in [1.54, 1.807) is 0 Å². The zero-order valence-electron chi connectivity index (χ0n) is 8.08. The van der Waals surface area contributed by atoms with Crippen molar-refractivity contribution in [2.45, 2.75) is 6.54 Å². The van der Waals surface area contributed by atoms with E-state index in [4.69, 9.17) is 11.5 Å². The molecule has 1 amide bonds. The Bertz CT molecular complexity index is 580. The van der Waals surface area contributed by atoms with E-state index in [1.807, 2.05) is 0 Å². The van der Waals surface area contributed by atoms with Gasteiger partial charge in [-0.05, 0) is 22.0 Å². The first-order valence-electron chi connectivity index (χ1n) is 4.38. The third kappa shape index (κ3) is 1.73. The van der Waals surface area contributed by atoms with E-state index >= 15 is 0 Å². The number of aromatic nitrogens is 2. The van der Waals surface area contributed by atoms with Crippen LogP contribution in [0.3, 0.4) is 0 Å². The average molecular weight is 287 g/mol. The van der Waals surface area contributed by atoms with Gasteiger partial charge < -0.3 is 16.0 Å². The molecule has 0 aliphatic carbocycles. The standard InChI is InChI=1S/C9H8BrFN4O/c10-4-1-7-6(2-5(4)11)14-9(13)15(7)3-8(12)16/h1-2H,3H2,(H2,12,16)(H2,13,14). The Kier molecular flexibility index (Phi) is 2.55. The molecule has 0 unspecified atom stereocenters. The molecule has 84 valence electrons. The number of nitrogens with two attached hydrogens (primary N) is 2. The molecule has 0 saturated carbocycles. The monoisotopic (exact) mass is 286 g/mol. The van der Waals surface area contributed by atoms with Gasteiger partial charge in [-0.2, -0.15) is 0 Å². The summed E-state index contributed by atoms with van der Waals surface area (Å²) in [5, 5.41) is 0. The van der Waals surface area contributed by atoms with Gasteiger partial charge in [-0.1, -0.05) is 0 Å². The van der Waals surface area contributed by atoms with Crippen molar-refractivity contribution in [2.24, 2.45) is 5.73 Å². The lowest BCUT2D eigenvalue weighted by atomic mass is 10.3. The molecular weight excluding hydrogens is 279 g/mol. The van der Waals surface area contributed by atoms with Crippen molar-refractivity contribution in [3.05, 3.63) is 22.4 Å². The molecular formula is C9H8BrFN4O. The van der Waals surface area contributed by atoms with E-state index < -0.39 is 11.7 Å². The summed E-state index contributed by atoms with van der Waals surface area (Å²) in [5.41, 5.74) is 11.6. The first kappa shape index (κ1) is 10.9. The van der Waals surface area contributed by atoms with Crippen molar-refractivity contribution in [2.75, 3.05) is 5.73 Å². The van der Waals surface area contributed by atoms with Gasteiger partial charge in [0.05, 0.1) is 15.5 Å². The lowest BCUT2D eigenvalue weighted by molar-refractivity contribution is -0.118. The Morgan fingerprint density at radius 2 is 2.25 bits per heavy atom. The van der Waals surface area contributed by atoms with Crippen molar-refractivity contribution in [3.63, 3.8) is 0 Å². The van der Waals surface area contributed by atoms with Crippen LogP contribution in [0.15, 0.2) is 16.6 Å². The van der Waals surface area contributed by atoms with E-state index in [0.29, 0.717) is 11.0 Å².